The Labute approximate surface area is 150 Å². The van der Waals surface area contributed by atoms with Gasteiger partial charge in [0, 0.05) is 30.7 Å². The van der Waals surface area contributed by atoms with Gasteiger partial charge in [-0.2, -0.15) is 0 Å². The van der Waals surface area contributed by atoms with Crippen molar-refractivity contribution in [3.63, 3.8) is 0 Å². The number of carbonyl (C=O) groups excluding carboxylic acids is 1. The molecule has 3 heterocycles. The number of nitrogens with one attached hydrogen (secondary N) is 1. The van der Waals surface area contributed by atoms with Crippen molar-refractivity contribution in [1.29, 1.82) is 0 Å². The Morgan fingerprint density at radius 2 is 2.04 bits per heavy atom. The zero-order chi connectivity index (χ0) is 17.2. The summed E-state index contributed by atoms with van der Waals surface area (Å²) in [5.41, 5.74) is 0.482. The lowest BCUT2D eigenvalue weighted by Crippen LogP contribution is -2.32. The maximum Gasteiger partial charge on any atom is 0.272 e. The third kappa shape index (κ3) is 3.28. The first-order valence-corrected chi connectivity index (χ1v) is 8.60. The molecule has 0 spiro atoms. The van der Waals surface area contributed by atoms with E-state index in [1.807, 2.05) is 41.3 Å². The second-order valence-electron chi connectivity index (χ2n) is 6.12. The molecule has 2 aromatic heterocycles. The molecule has 0 bridgehead atoms. The Kier molecular flexibility index (Phi) is 4.24. The number of likely N-dealkylation sites (tertiary alicyclic amines) is 1. The summed E-state index contributed by atoms with van der Waals surface area (Å²) in [7, 11) is 0. The van der Waals surface area contributed by atoms with E-state index in [4.69, 9.17) is 11.6 Å². The van der Waals surface area contributed by atoms with E-state index in [1.54, 1.807) is 18.3 Å². The summed E-state index contributed by atoms with van der Waals surface area (Å²) < 4.78 is 0. The molecule has 1 fully saturated rings. The number of benzene rings is 1. The standard InChI is InChI=1S/C19H17ClN4O/c20-18-15-6-2-1-5-13(15)11-17(23-18)22-14-8-10-24(12-14)19(25)16-7-3-4-9-21-16/h1-7,9,11,14H,8,10,12H2,(H,22,23). The Morgan fingerprint density at radius 3 is 2.88 bits per heavy atom. The fraction of sp³-hybridized carbons (Fsp3) is 0.211. The molecular formula is C19H17ClN4O. The molecular weight excluding hydrogens is 336 g/mol. The fourth-order valence-corrected chi connectivity index (χ4v) is 3.42. The van der Waals surface area contributed by atoms with E-state index in [9.17, 15) is 4.79 Å². The van der Waals surface area contributed by atoms with Gasteiger partial charge in [-0.3, -0.25) is 9.78 Å². The highest BCUT2D eigenvalue weighted by molar-refractivity contribution is 6.34. The van der Waals surface area contributed by atoms with Gasteiger partial charge in [0.2, 0.25) is 0 Å². The van der Waals surface area contributed by atoms with Gasteiger partial charge >= 0.3 is 0 Å². The van der Waals surface area contributed by atoms with Crippen LogP contribution in [-0.4, -0.2) is 39.9 Å². The lowest BCUT2D eigenvalue weighted by molar-refractivity contribution is 0.0786. The molecule has 1 saturated heterocycles. The topological polar surface area (TPSA) is 58.1 Å². The predicted octanol–water partition coefficient (Wildman–Crippen LogP) is 3.61. The largest absolute Gasteiger partial charge is 0.365 e. The van der Waals surface area contributed by atoms with Crippen LogP contribution in [-0.2, 0) is 0 Å². The molecule has 1 atom stereocenters. The summed E-state index contributed by atoms with van der Waals surface area (Å²) >= 11 is 6.28. The molecule has 1 amide bonds. The summed E-state index contributed by atoms with van der Waals surface area (Å²) in [5.74, 6) is 0.704. The van der Waals surface area contributed by atoms with Crippen molar-refractivity contribution >= 4 is 34.1 Å². The van der Waals surface area contributed by atoms with Gasteiger partial charge in [0.1, 0.15) is 16.7 Å². The number of nitrogens with zero attached hydrogens (tertiary/aromatic N) is 3. The first-order chi connectivity index (χ1) is 12.2. The summed E-state index contributed by atoms with van der Waals surface area (Å²) in [5, 5.41) is 5.87. The average Bonchev–Trinajstić information content (AvgIpc) is 3.10. The number of carbonyl (C=O) groups is 1. The van der Waals surface area contributed by atoms with E-state index in [0.717, 1.165) is 23.0 Å². The van der Waals surface area contributed by atoms with Crippen molar-refractivity contribution in [2.75, 3.05) is 18.4 Å². The van der Waals surface area contributed by atoms with Gasteiger partial charge in [0.05, 0.1) is 0 Å². The Bertz CT molecular complexity index is 916. The molecule has 1 aromatic carbocycles. The first-order valence-electron chi connectivity index (χ1n) is 8.23. The SMILES string of the molecule is O=C(c1ccccn1)N1CCC(Nc2cc3ccccc3c(Cl)n2)C1. The van der Waals surface area contributed by atoms with Crippen LogP contribution in [0.4, 0.5) is 5.82 Å². The molecule has 1 aliphatic heterocycles. The van der Waals surface area contributed by atoms with E-state index in [1.165, 1.54) is 0 Å². The number of hydrogen-bond donors (Lipinski definition) is 1. The molecule has 1 aliphatic rings. The van der Waals surface area contributed by atoms with E-state index < -0.39 is 0 Å². The first kappa shape index (κ1) is 15.8. The Morgan fingerprint density at radius 1 is 1.20 bits per heavy atom. The van der Waals surface area contributed by atoms with E-state index >= 15 is 0 Å². The number of rotatable bonds is 3. The molecule has 1 unspecified atom stereocenters. The van der Waals surface area contributed by atoms with Gasteiger partial charge in [0.25, 0.3) is 5.91 Å². The van der Waals surface area contributed by atoms with Gasteiger partial charge in [-0.05, 0) is 30.0 Å². The molecule has 25 heavy (non-hydrogen) atoms. The zero-order valence-electron chi connectivity index (χ0n) is 13.5. The minimum absolute atomic E-state index is 0.0330. The van der Waals surface area contributed by atoms with Crippen LogP contribution in [0, 0.1) is 0 Å². The summed E-state index contributed by atoms with van der Waals surface area (Å²) in [6, 6.07) is 15.4. The number of hydrogen-bond acceptors (Lipinski definition) is 4. The van der Waals surface area contributed by atoms with Crippen molar-refractivity contribution in [2.45, 2.75) is 12.5 Å². The molecule has 0 radical (unpaired) electrons. The third-order valence-electron chi connectivity index (χ3n) is 4.41. The Hall–Kier alpha value is -2.66. The predicted molar refractivity (Wildman–Crippen MR) is 98.9 cm³/mol. The van der Waals surface area contributed by atoms with Crippen LogP contribution in [0.15, 0.2) is 54.7 Å². The monoisotopic (exact) mass is 352 g/mol. The molecule has 126 valence electrons. The fourth-order valence-electron chi connectivity index (χ4n) is 3.15. The van der Waals surface area contributed by atoms with E-state index in [2.05, 4.69) is 15.3 Å². The summed E-state index contributed by atoms with van der Waals surface area (Å²) in [4.78, 5) is 22.9. The molecule has 3 aromatic rings. The lowest BCUT2D eigenvalue weighted by Gasteiger charge is -2.17. The maximum atomic E-state index is 12.5. The van der Waals surface area contributed by atoms with Crippen molar-refractivity contribution in [3.8, 4) is 0 Å². The smallest absolute Gasteiger partial charge is 0.272 e. The molecule has 6 heteroatoms. The van der Waals surface area contributed by atoms with Gasteiger partial charge in [-0.1, -0.05) is 41.9 Å². The minimum Gasteiger partial charge on any atom is -0.365 e. The number of halogens is 1. The minimum atomic E-state index is -0.0330. The maximum absolute atomic E-state index is 12.5. The van der Waals surface area contributed by atoms with Crippen LogP contribution in [0.3, 0.4) is 0 Å². The molecule has 0 saturated carbocycles. The van der Waals surface area contributed by atoms with Crippen molar-refractivity contribution in [3.05, 3.63) is 65.6 Å². The lowest BCUT2D eigenvalue weighted by atomic mass is 10.2. The average molecular weight is 353 g/mol. The molecule has 1 N–H and O–H groups in total. The van der Waals surface area contributed by atoms with Crippen LogP contribution in [0.2, 0.25) is 5.15 Å². The highest BCUT2D eigenvalue weighted by Gasteiger charge is 2.27. The molecule has 0 aliphatic carbocycles. The molecule has 5 nitrogen and oxygen atoms in total. The second kappa shape index (κ2) is 6.69. The summed E-state index contributed by atoms with van der Waals surface area (Å²) in [6.07, 6.45) is 2.50. The number of pyridine rings is 2. The highest BCUT2D eigenvalue weighted by Crippen LogP contribution is 2.25. The second-order valence-corrected chi connectivity index (χ2v) is 6.47. The number of aromatic nitrogens is 2. The number of amides is 1. The van der Waals surface area contributed by atoms with Crippen molar-refractivity contribution in [1.82, 2.24) is 14.9 Å². The quantitative estimate of drug-likeness (QED) is 0.731. The van der Waals surface area contributed by atoms with Gasteiger partial charge in [-0.15, -0.1) is 0 Å². The van der Waals surface area contributed by atoms with Gasteiger partial charge in [-0.25, -0.2) is 4.98 Å². The van der Waals surface area contributed by atoms with Gasteiger partial charge in [0.15, 0.2) is 0 Å². The van der Waals surface area contributed by atoms with Crippen molar-refractivity contribution in [2.24, 2.45) is 0 Å². The Balaban J connectivity index is 1.47. The van der Waals surface area contributed by atoms with Crippen LogP contribution >= 0.6 is 11.6 Å². The number of fused-ring (bicyclic) bond motifs is 1. The summed E-state index contributed by atoms with van der Waals surface area (Å²) in [6.45, 7) is 1.33. The third-order valence-corrected chi connectivity index (χ3v) is 4.69. The van der Waals surface area contributed by atoms with E-state index in [0.29, 0.717) is 23.9 Å². The van der Waals surface area contributed by atoms with Crippen LogP contribution in [0.1, 0.15) is 16.9 Å². The van der Waals surface area contributed by atoms with Crippen LogP contribution in [0.5, 0.6) is 0 Å². The van der Waals surface area contributed by atoms with Crippen LogP contribution < -0.4 is 5.32 Å². The van der Waals surface area contributed by atoms with E-state index in [-0.39, 0.29) is 11.9 Å². The normalized spacial score (nSPS) is 17.0. The molecule has 4 rings (SSSR count). The van der Waals surface area contributed by atoms with Crippen molar-refractivity contribution < 1.29 is 4.79 Å². The van der Waals surface area contributed by atoms with Gasteiger partial charge < -0.3 is 10.2 Å². The highest BCUT2D eigenvalue weighted by atomic mass is 35.5. The zero-order valence-corrected chi connectivity index (χ0v) is 14.3. The number of anilines is 1. The van der Waals surface area contributed by atoms with Crippen LogP contribution in [0.25, 0.3) is 10.8 Å².